The Labute approximate surface area is 292 Å². The van der Waals surface area contributed by atoms with Crippen molar-refractivity contribution < 1.29 is 33.3 Å². The number of benzene rings is 4. The molecule has 0 spiro atoms. The zero-order chi connectivity index (χ0) is 35.8. The lowest BCUT2D eigenvalue weighted by Crippen LogP contribution is -2.50. The molecule has 1 aliphatic carbocycles. The van der Waals surface area contributed by atoms with Crippen molar-refractivity contribution in [3.8, 4) is 28.4 Å². The molecule has 5 rings (SSSR count). The molecule has 11 nitrogen and oxygen atoms in total. The SMILES string of the molecule is [CH2]N(NC(=O)COc1ccc(C(NC(=O)OCC2c3ccccc3-c3ccccc32)c2ccc(OC)cc2OC)cc1)C(=O)[C@@H](N)CC(C)C. The Bertz CT molecular complexity index is 1770. The van der Waals surface area contributed by atoms with E-state index >= 15 is 0 Å². The fraction of sp³-hybridized carbons (Fsp3) is 0.282. The number of methoxy groups -OCH3 is 2. The van der Waals surface area contributed by atoms with Gasteiger partial charge in [-0.15, -0.1) is 0 Å². The topological polar surface area (TPSA) is 141 Å². The molecule has 261 valence electrons. The van der Waals surface area contributed by atoms with Crippen LogP contribution >= 0.6 is 0 Å². The lowest BCUT2D eigenvalue weighted by molar-refractivity contribution is -0.140. The summed E-state index contributed by atoms with van der Waals surface area (Å²) in [7, 11) is 6.69. The molecular weight excluding hydrogens is 636 g/mol. The van der Waals surface area contributed by atoms with Crippen LogP contribution in [0.1, 0.15) is 54.5 Å². The third kappa shape index (κ3) is 8.35. The number of alkyl carbamates (subject to hydrolysis) is 1. The van der Waals surface area contributed by atoms with Crippen molar-refractivity contribution >= 4 is 17.9 Å². The number of carbonyl (C=O) groups excluding carboxylic acids is 3. The standard InChI is InChI=1S/C39H43N4O7/c1-24(2)20-34(40)38(45)43(3)42-36(44)23-49-26-16-14-25(15-17-26)37(32-19-18-27(47-4)21-35(32)48-5)41-39(46)50-22-33-30-12-8-6-10-28(30)29-11-7-9-13-31(29)33/h6-19,21,24,33-34,37H,3,20,22-23,40H2,1-2,4-5H3,(H,41,46)(H,42,44)/t34-,37?/m0/s1. The first kappa shape index (κ1) is 35.7. The highest BCUT2D eigenvalue weighted by atomic mass is 16.5. The van der Waals surface area contributed by atoms with E-state index in [2.05, 4.69) is 42.1 Å². The quantitative estimate of drug-likeness (QED) is 0.152. The molecule has 4 aromatic carbocycles. The van der Waals surface area contributed by atoms with Crippen LogP contribution in [0.5, 0.6) is 17.2 Å². The van der Waals surface area contributed by atoms with Gasteiger partial charge in [-0.2, -0.15) is 0 Å². The summed E-state index contributed by atoms with van der Waals surface area (Å²) in [5, 5.41) is 3.85. The van der Waals surface area contributed by atoms with Crippen molar-refractivity contribution in [2.24, 2.45) is 11.7 Å². The molecule has 4 aromatic rings. The van der Waals surface area contributed by atoms with Crippen molar-refractivity contribution in [2.45, 2.75) is 38.3 Å². The predicted molar refractivity (Wildman–Crippen MR) is 189 cm³/mol. The first-order valence-electron chi connectivity index (χ1n) is 16.3. The minimum atomic E-state index is -0.777. The first-order chi connectivity index (χ1) is 24.1. The fourth-order valence-electron chi connectivity index (χ4n) is 6.11. The Hall–Kier alpha value is -5.55. The molecule has 0 aromatic heterocycles. The molecule has 11 heteroatoms. The summed E-state index contributed by atoms with van der Waals surface area (Å²) in [6.07, 6.45) is -0.143. The van der Waals surface area contributed by atoms with Crippen LogP contribution in [0.25, 0.3) is 11.1 Å². The van der Waals surface area contributed by atoms with Gasteiger partial charge >= 0.3 is 6.09 Å². The number of nitrogens with one attached hydrogen (secondary N) is 2. The number of hydrogen-bond acceptors (Lipinski definition) is 8. The molecule has 3 amide bonds. The van der Waals surface area contributed by atoms with Crippen LogP contribution in [0, 0.1) is 13.0 Å². The Kier molecular flexibility index (Phi) is 11.6. The molecule has 0 saturated carbocycles. The van der Waals surface area contributed by atoms with Crippen LogP contribution in [0.2, 0.25) is 0 Å². The van der Waals surface area contributed by atoms with E-state index in [4.69, 9.17) is 24.7 Å². The lowest BCUT2D eigenvalue weighted by Gasteiger charge is -2.23. The van der Waals surface area contributed by atoms with Gasteiger partial charge in [-0.25, -0.2) is 4.79 Å². The van der Waals surface area contributed by atoms with Crippen molar-refractivity contribution in [3.63, 3.8) is 0 Å². The van der Waals surface area contributed by atoms with E-state index in [-0.39, 0.29) is 25.0 Å². The fourth-order valence-corrected chi connectivity index (χ4v) is 6.11. The minimum Gasteiger partial charge on any atom is -0.497 e. The van der Waals surface area contributed by atoms with Gasteiger partial charge < -0.3 is 30.0 Å². The highest BCUT2D eigenvalue weighted by molar-refractivity contribution is 5.86. The molecule has 0 aliphatic heterocycles. The number of amides is 3. The average Bonchev–Trinajstić information content (AvgIpc) is 3.44. The molecule has 2 atom stereocenters. The van der Waals surface area contributed by atoms with E-state index in [0.717, 1.165) is 27.3 Å². The molecule has 1 radical (unpaired) electrons. The monoisotopic (exact) mass is 679 g/mol. The normalized spacial score (nSPS) is 13.0. The summed E-state index contributed by atoms with van der Waals surface area (Å²) in [5.41, 5.74) is 14.2. The number of nitrogens with two attached hydrogens (primary N) is 1. The summed E-state index contributed by atoms with van der Waals surface area (Å²) in [6.45, 7) is 3.68. The van der Waals surface area contributed by atoms with Crippen LogP contribution < -0.4 is 30.7 Å². The van der Waals surface area contributed by atoms with Crippen molar-refractivity contribution in [1.82, 2.24) is 15.8 Å². The Morgan fingerprint density at radius 1 is 0.860 bits per heavy atom. The van der Waals surface area contributed by atoms with Gasteiger partial charge in [0.05, 0.1) is 33.4 Å². The minimum absolute atomic E-state index is 0.0961. The van der Waals surface area contributed by atoms with Crippen LogP contribution in [0.4, 0.5) is 4.79 Å². The first-order valence-corrected chi connectivity index (χ1v) is 16.3. The van der Waals surface area contributed by atoms with Crippen molar-refractivity contribution in [2.75, 3.05) is 27.4 Å². The number of hydrogen-bond donors (Lipinski definition) is 3. The summed E-state index contributed by atoms with van der Waals surface area (Å²) >= 11 is 0. The Balaban J connectivity index is 1.28. The maximum atomic E-state index is 13.5. The smallest absolute Gasteiger partial charge is 0.407 e. The van der Waals surface area contributed by atoms with E-state index in [0.29, 0.717) is 34.8 Å². The maximum Gasteiger partial charge on any atom is 0.407 e. The summed E-state index contributed by atoms with van der Waals surface area (Å²) in [5.74, 6) is 0.531. The van der Waals surface area contributed by atoms with Gasteiger partial charge in [0, 0.05) is 17.5 Å². The molecule has 0 fully saturated rings. The van der Waals surface area contributed by atoms with Crippen LogP contribution in [-0.2, 0) is 14.3 Å². The number of fused-ring (bicyclic) bond motifs is 3. The average molecular weight is 680 g/mol. The number of rotatable bonds is 13. The number of nitrogens with zero attached hydrogens (tertiary/aromatic N) is 1. The van der Waals surface area contributed by atoms with E-state index in [1.54, 1.807) is 50.6 Å². The van der Waals surface area contributed by atoms with Gasteiger partial charge in [-0.05, 0) is 64.4 Å². The predicted octanol–water partition coefficient (Wildman–Crippen LogP) is 5.74. The second kappa shape index (κ2) is 16.2. The lowest BCUT2D eigenvalue weighted by atomic mass is 9.97. The summed E-state index contributed by atoms with van der Waals surface area (Å²) in [6, 6.07) is 27.1. The van der Waals surface area contributed by atoms with Crippen molar-refractivity contribution in [3.05, 3.63) is 120 Å². The largest absolute Gasteiger partial charge is 0.497 e. The van der Waals surface area contributed by atoms with E-state index in [1.807, 2.05) is 44.2 Å². The summed E-state index contributed by atoms with van der Waals surface area (Å²) < 4.78 is 22.6. The molecule has 4 N–H and O–H groups in total. The molecule has 1 aliphatic rings. The third-order valence-electron chi connectivity index (χ3n) is 8.51. The maximum absolute atomic E-state index is 13.5. The van der Waals surface area contributed by atoms with Crippen LogP contribution in [0.15, 0.2) is 91.0 Å². The van der Waals surface area contributed by atoms with Gasteiger partial charge in [0.25, 0.3) is 11.8 Å². The highest BCUT2D eigenvalue weighted by Crippen LogP contribution is 2.44. The second-order valence-corrected chi connectivity index (χ2v) is 12.4. The zero-order valence-corrected chi connectivity index (χ0v) is 28.7. The van der Waals surface area contributed by atoms with E-state index in [9.17, 15) is 14.4 Å². The Morgan fingerprint density at radius 3 is 2.08 bits per heavy atom. The number of ether oxygens (including phenoxy) is 4. The molecule has 0 heterocycles. The zero-order valence-electron chi connectivity index (χ0n) is 28.7. The number of hydrazine groups is 1. The van der Waals surface area contributed by atoms with Gasteiger partial charge in [0.15, 0.2) is 6.61 Å². The summed E-state index contributed by atoms with van der Waals surface area (Å²) in [4.78, 5) is 38.3. The molecule has 1 unspecified atom stereocenters. The van der Waals surface area contributed by atoms with Gasteiger partial charge in [0.2, 0.25) is 0 Å². The molecular formula is C39H43N4O7. The third-order valence-corrected chi connectivity index (χ3v) is 8.51. The van der Waals surface area contributed by atoms with E-state index in [1.165, 1.54) is 0 Å². The highest BCUT2D eigenvalue weighted by Gasteiger charge is 2.30. The number of carbonyl (C=O) groups is 3. The van der Waals surface area contributed by atoms with E-state index < -0.39 is 30.0 Å². The van der Waals surface area contributed by atoms with Gasteiger partial charge in [-0.3, -0.25) is 20.0 Å². The van der Waals surface area contributed by atoms with Gasteiger partial charge in [0.1, 0.15) is 23.9 Å². The van der Waals surface area contributed by atoms with Gasteiger partial charge in [-0.1, -0.05) is 74.5 Å². The molecule has 0 saturated heterocycles. The second-order valence-electron chi connectivity index (χ2n) is 12.4. The van der Waals surface area contributed by atoms with Crippen molar-refractivity contribution in [1.29, 1.82) is 0 Å². The van der Waals surface area contributed by atoms with Crippen LogP contribution in [-0.4, -0.2) is 56.4 Å². The van der Waals surface area contributed by atoms with Crippen LogP contribution in [0.3, 0.4) is 0 Å². The Morgan fingerprint density at radius 2 is 1.48 bits per heavy atom. The molecule has 50 heavy (non-hydrogen) atoms. The molecule has 0 bridgehead atoms.